The molecule has 0 bridgehead atoms. The molecule has 0 spiro atoms. The van der Waals surface area contributed by atoms with Crippen molar-refractivity contribution in [2.75, 3.05) is 25.0 Å². The molecule has 0 radical (unpaired) electrons. The molecule has 1 aromatic heterocycles. The molecule has 2 rings (SSSR count). The number of anilines is 1. The first-order valence-corrected chi connectivity index (χ1v) is 7.20. The van der Waals surface area contributed by atoms with Crippen molar-refractivity contribution >= 4 is 11.8 Å². The van der Waals surface area contributed by atoms with Crippen LogP contribution in [0.15, 0.2) is 4.42 Å². The summed E-state index contributed by atoms with van der Waals surface area (Å²) in [5, 5.41) is 11.8. The zero-order valence-electron chi connectivity index (χ0n) is 12.8. The van der Waals surface area contributed by atoms with Crippen LogP contribution < -0.4 is 11.1 Å². The lowest BCUT2D eigenvalue weighted by atomic mass is 9.94. The molecule has 2 unspecified atom stereocenters. The van der Waals surface area contributed by atoms with Gasteiger partial charge in [0.05, 0.1) is 6.54 Å². The molecular weight excluding hydrogens is 268 g/mol. The second kappa shape index (κ2) is 6.29. The van der Waals surface area contributed by atoms with E-state index in [1.54, 1.807) is 13.8 Å². The van der Waals surface area contributed by atoms with Crippen molar-refractivity contribution in [2.45, 2.75) is 33.2 Å². The fraction of sp³-hybridized carbons (Fsp3) is 0.600. The minimum atomic E-state index is -0.179. The van der Waals surface area contributed by atoms with Crippen molar-refractivity contribution < 1.29 is 9.21 Å². The first kappa shape index (κ1) is 15.5. The van der Waals surface area contributed by atoms with E-state index in [-0.39, 0.29) is 24.4 Å². The van der Waals surface area contributed by atoms with Crippen LogP contribution in [-0.2, 0) is 4.79 Å². The monoisotopic (exact) mass is 290 g/mol. The molecule has 1 aromatic rings. The van der Waals surface area contributed by atoms with E-state index in [1.807, 2.05) is 4.90 Å². The highest BCUT2D eigenvalue weighted by atomic mass is 16.4. The number of carbonyl (C=O) groups is 1. The number of nitriles is 1. The lowest BCUT2D eigenvalue weighted by Crippen LogP contribution is -2.49. The van der Waals surface area contributed by atoms with Crippen molar-refractivity contribution in [2.24, 2.45) is 11.7 Å². The topological polar surface area (TPSA) is 95.3 Å². The van der Waals surface area contributed by atoms with E-state index in [1.165, 1.54) is 0 Å². The van der Waals surface area contributed by atoms with Crippen molar-refractivity contribution in [1.29, 1.82) is 5.26 Å². The minimum Gasteiger partial charge on any atom is -0.444 e. The Morgan fingerprint density at radius 3 is 2.90 bits per heavy atom. The zero-order chi connectivity index (χ0) is 15.6. The Hall–Kier alpha value is -1.84. The molecule has 6 nitrogen and oxygen atoms in total. The predicted molar refractivity (Wildman–Crippen MR) is 79.7 cm³/mol. The third-order valence-electron chi connectivity index (χ3n) is 4.22. The van der Waals surface area contributed by atoms with Gasteiger partial charge in [-0.15, -0.1) is 0 Å². The van der Waals surface area contributed by atoms with Gasteiger partial charge in [-0.2, -0.15) is 5.26 Å². The maximum atomic E-state index is 12.1. The molecule has 1 aliphatic heterocycles. The number of nitrogens with zero attached hydrogens (tertiary/aromatic N) is 2. The summed E-state index contributed by atoms with van der Waals surface area (Å²) in [6.07, 6.45) is 0.997. The molecular formula is C15H22N4O2. The minimum absolute atomic E-state index is 0.106. The summed E-state index contributed by atoms with van der Waals surface area (Å²) >= 11 is 0. The number of nitrogens with one attached hydrogen (secondary N) is 1. The van der Waals surface area contributed by atoms with Gasteiger partial charge in [-0.3, -0.25) is 15.0 Å². The van der Waals surface area contributed by atoms with Crippen LogP contribution in [0.2, 0.25) is 0 Å². The van der Waals surface area contributed by atoms with Gasteiger partial charge in [0.2, 0.25) is 11.8 Å². The maximum absolute atomic E-state index is 12.1. The molecule has 1 fully saturated rings. The number of likely N-dealkylation sites (tertiary alicyclic amines) is 1. The number of hydrogen-bond donors (Lipinski definition) is 2. The molecule has 6 heteroatoms. The quantitative estimate of drug-likeness (QED) is 0.876. The summed E-state index contributed by atoms with van der Waals surface area (Å²) in [7, 11) is 0. The molecule has 1 saturated heterocycles. The number of piperidine rings is 1. The fourth-order valence-electron chi connectivity index (χ4n) is 2.53. The average Bonchev–Trinajstić information content (AvgIpc) is 2.68. The summed E-state index contributed by atoms with van der Waals surface area (Å²) in [6.45, 7) is 7.56. The molecule has 1 aliphatic rings. The fourth-order valence-corrected chi connectivity index (χ4v) is 2.53. The molecule has 0 aliphatic carbocycles. The second-order valence-electron chi connectivity index (χ2n) is 5.81. The second-order valence-corrected chi connectivity index (χ2v) is 5.81. The van der Waals surface area contributed by atoms with E-state index in [2.05, 4.69) is 18.3 Å². The van der Waals surface area contributed by atoms with E-state index >= 15 is 0 Å². The highest BCUT2D eigenvalue weighted by Crippen LogP contribution is 2.25. The van der Waals surface area contributed by atoms with Crippen LogP contribution in [0.1, 0.15) is 30.2 Å². The van der Waals surface area contributed by atoms with Gasteiger partial charge in [-0.25, -0.2) is 0 Å². The molecule has 21 heavy (non-hydrogen) atoms. The third-order valence-corrected chi connectivity index (χ3v) is 4.22. The summed E-state index contributed by atoms with van der Waals surface area (Å²) < 4.78 is 5.44. The molecule has 0 saturated carbocycles. The van der Waals surface area contributed by atoms with Gasteiger partial charge in [0.25, 0.3) is 0 Å². The lowest BCUT2D eigenvalue weighted by molar-refractivity contribution is -0.117. The number of nitrogens with two attached hydrogens (primary N) is 1. The van der Waals surface area contributed by atoms with E-state index in [0.717, 1.165) is 25.1 Å². The van der Waals surface area contributed by atoms with Crippen LogP contribution in [0.3, 0.4) is 0 Å². The van der Waals surface area contributed by atoms with E-state index in [0.29, 0.717) is 17.2 Å². The summed E-state index contributed by atoms with van der Waals surface area (Å²) in [6, 6.07) is 2.17. The number of rotatable bonds is 3. The Bertz CT molecular complexity index is 573. The first-order chi connectivity index (χ1) is 9.92. The van der Waals surface area contributed by atoms with Crippen LogP contribution in [0.5, 0.6) is 0 Å². The Balaban J connectivity index is 1.97. The normalized spacial score (nSPS) is 22.8. The van der Waals surface area contributed by atoms with Crippen molar-refractivity contribution in [3.63, 3.8) is 0 Å². The largest absolute Gasteiger partial charge is 0.444 e. The van der Waals surface area contributed by atoms with Gasteiger partial charge < -0.3 is 10.2 Å². The average molecular weight is 290 g/mol. The van der Waals surface area contributed by atoms with Crippen LogP contribution in [0.4, 0.5) is 5.88 Å². The third kappa shape index (κ3) is 3.43. The Labute approximate surface area is 124 Å². The zero-order valence-corrected chi connectivity index (χ0v) is 12.8. The van der Waals surface area contributed by atoms with Gasteiger partial charge >= 0.3 is 0 Å². The van der Waals surface area contributed by atoms with Crippen LogP contribution in [0.25, 0.3) is 0 Å². The molecule has 114 valence electrons. The number of furan rings is 1. The molecule has 1 amide bonds. The number of hydrogen-bond acceptors (Lipinski definition) is 5. The van der Waals surface area contributed by atoms with Gasteiger partial charge in [0.1, 0.15) is 17.4 Å². The van der Waals surface area contributed by atoms with Gasteiger partial charge in [-0.1, -0.05) is 6.92 Å². The standard InChI is InChI=1S/C15H22N4O2/c1-9-4-5-19(7-13(9)17)8-14(20)18-15-12(6-16)10(2)11(3)21-15/h9,13H,4-5,7-8,17H2,1-3H3,(H,18,20). The van der Waals surface area contributed by atoms with E-state index < -0.39 is 0 Å². The smallest absolute Gasteiger partial charge is 0.240 e. The van der Waals surface area contributed by atoms with Gasteiger partial charge in [0.15, 0.2) is 0 Å². The van der Waals surface area contributed by atoms with Crippen LogP contribution in [0, 0.1) is 31.1 Å². The SMILES string of the molecule is Cc1oc(NC(=O)CN2CCC(C)C(N)C2)c(C#N)c1C. The van der Waals surface area contributed by atoms with Gasteiger partial charge in [0, 0.05) is 18.2 Å². The predicted octanol–water partition coefficient (Wildman–Crippen LogP) is 1.38. The van der Waals surface area contributed by atoms with Crippen LogP contribution in [-0.4, -0.2) is 36.5 Å². The van der Waals surface area contributed by atoms with E-state index in [4.69, 9.17) is 15.4 Å². The summed E-state index contributed by atoms with van der Waals surface area (Å²) in [5.41, 5.74) is 7.19. The Kier molecular flexibility index (Phi) is 4.66. The number of aryl methyl sites for hydroxylation is 1. The van der Waals surface area contributed by atoms with E-state index in [9.17, 15) is 4.79 Å². The van der Waals surface area contributed by atoms with Crippen molar-refractivity contribution in [1.82, 2.24) is 4.90 Å². The molecule has 0 aromatic carbocycles. The highest BCUT2D eigenvalue weighted by Gasteiger charge is 2.25. The number of amides is 1. The van der Waals surface area contributed by atoms with Crippen molar-refractivity contribution in [3.05, 3.63) is 16.9 Å². The Morgan fingerprint density at radius 1 is 1.57 bits per heavy atom. The Morgan fingerprint density at radius 2 is 2.29 bits per heavy atom. The highest BCUT2D eigenvalue weighted by molar-refractivity contribution is 5.92. The molecule has 2 atom stereocenters. The summed E-state index contributed by atoms with van der Waals surface area (Å²) in [5.74, 6) is 1.20. The summed E-state index contributed by atoms with van der Waals surface area (Å²) in [4.78, 5) is 14.1. The van der Waals surface area contributed by atoms with Crippen molar-refractivity contribution in [3.8, 4) is 6.07 Å². The number of carbonyl (C=O) groups excluding carboxylic acids is 1. The maximum Gasteiger partial charge on any atom is 0.240 e. The van der Waals surface area contributed by atoms with Crippen LogP contribution >= 0.6 is 0 Å². The first-order valence-electron chi connectivity index (χ1n) is 7.20. The van der Waals surface area contributed by atoms with Gasteiger partial charge in [-0.05, 0) is 32.7 Å². The molecule has 3 N–H and O–H groups in total. The molecule has 2 heterocycles. The lowest BCUT2D eigenvalue weighted by Gasteiger charge is -2.34.